The van der Waals surface area contributed by atoms with E-state index in [1.165, 1.54) is 13.5 Å². The number of alkyl halides is 4. The normalized spacial score (nSPS) is 31.1. The molecule has 2 bridgehead atoms. The van der Waals surface area contributed by atoms with Gasteiger partial charge in [-0.05, 0) is 37.0 Å². The highest BCUT2D eigenvalue weighted by atomic mass is 19.3. The van der Waals surface area contributed by atoms with Gasteiger partial charge >= 0.3 is 12.3 Å². The van der Waals surface area contributed by atoms with Crippen LogP contribution in [0.5, 0.6) is 0 Å². The fourth-order valence-electron chi connectivity index (χ4n) is 3.38. The number of rotatable bonds is 4. The molecule has 3 unspecified atom stereocenters. The summed E-state index contributed by atoms with van der Waals surface area (Å²) in [5.74, 6) is -5.01. The molecule has 2 aliphatic rings. The summed E-state index contributed by atoms with van der Waals surface area (Å²) in [7, 11) is 1.19. The van der Waals surface area contributed by atoms with Crippen molar-refractivity contribution in [2.75, 3.05) is 13.6 Å². The Kier molecular flexibility index (Phi) is 3.56. The zero-order valence-electron chi connectivity index (χ0n) is 10.2. The Hall–Kier alpha value is -0.810. The molecule has 2 rings (SSSR count). The average Bonchev–Trinajstić information content (AvgIpc) is 2.89. The highest BCUT2D eigenvalue weighted by Gasteiger charge is 2.51. The number of carbonyl (C=O) groups excluding carboxylic acids is 1. The molecule has 2 aliphatic carbocycles. The zero-order valence-corrected chi connectivity index (χ0v) is 10.2. The second-order valence-corrected chi connectivity index (χ2v) is 5.54. The summed E-state index contributed by atoms with van der Waals surface area (Å²) in [5, 5.41) is 0. The quantitative estimate of drug-likeness (QED) is 0.717. The molecule has 0 aromatic rings. The van der Waals surface area contributed by atoms with Crippen molar-refractivity contribution in [2.24, 2.45) is 17.8 Å². The summed E-state index contributed by atoms with van der Waals surface area (Å²) in [5.41, 5.74) is 0. The van der Waals surface area contributed by atoms with Crippen LogP contribution < -0.4 is 0 Å². The molecule has 2 saturated carbocycles. The Bertz CT molecular complexity index is 334. The number of nitrogens with zero attached hydrogens (tertiary/aromatic N) is 1. The third-order valence-electron chi connectivity index (χ3n) is 4.30. The number of carbonyl (C=O) groups is 1. The summed E-state index contributed by atoms with van der Waals surface area (Å²) in [6.07, 6.45) is 0.335. The number of fused-ring (bicyclic) bond motifs is 2. The Labute approximate surface area is 103 Å². The maximum absolute atomic E-state index is 12.9. The van der Waals surface area contributed by atoms with Gasteiger partial charge in [-0.3, -0.25) is 4.79 Å². The van der Waals surface area contributed by atoms with Gasteiger partial charge in [0.1, 0.15) is 0 Å². The van der Waals surface area contributed by atoms with Gasteiger partial charge in [-0.2, -0.15) is 8.78 Å². The van der Waals surface area contributed by atoms with Gasteiger partial charge in [-0.15, -0.1) is 0 Å². The summed E-state index contributed by atoms with van der Waals surface area (Å²) in [6, 6.07) is 0. The average molecular weight is 267 g/mol. The van der Waals surface area contributed by atoms with Gasteiger partial charge in [0.15, 0.2) is 0 Å². The maximum atomic E-state index is 12.9. The van der Waals surface area contributed by atoms with Crippen molar-refractivity contribution in [3.63, 3.8) is 0 Å². The summed E-state index contributed by atoms with van der Waals surface area (Å²) >= 11 is 0. The molecule has 0 radical (unpaired) electrons. The van der Waals surface area contributed by atoms with Gasteiger partial charge in [0.05, 0.1) is 0 Å². The first-order chi connectivity index (χ1) is 8.32. The molecule has 18 heavy (non-hydrogen) atoms. The lowest BCUT2D eigenvalue weighted by Crippen LogP contribution is -2.47. The smallest absolute Gasteiger partial charge is 0.340 e. The predicted octanol–water partition coefficient (Wildman–Crippen LogP) is 2.78. The van der Waals surface area contributed by atoms with Crippen LogP contribution in [0, 0.1) is 17.8 Å². The maximum Gasteiger partial charge on any atom is 0.383 e. The van der Waals surface area contributed by atoms with Crippen molar-refractivity contribution in [3.8, 4) is 0 Å². The number of hydrogen-bond acceptors (Lipinski definition) is 1. The van der Waals surface area contributed by atoms with Crippen LogP contribution >= 0.6 is 0 Å². The molecular weight excluding hydrogens is 250 g/mol. The van der Waals surface area contributed by atoms with Crippen LogP contribution in [0.2, 0.25) is 0 Å². The van der Waals surface area contributed by atoms with Crippen LogP contribution in [0.25, 0.3) is 0 Å². The highest BCUT2D eigenvalue weighted by molar-refractivity contribution is 5.83. The number of hydrogen-bond donors (Lipinski definition) is 0. The van der Waals surface area contributed by atoms with Crippen molar-refractivity contribution in [1.82, 2.24) is 4.90 Å². The third kappa shape index (κ3) is 2.34. The predicted molar refractivity (Wildman–Crippen MR) is 57.5 cm³/mol. The minimum Gasteiger partial charge on any atom is -0.340 e. The lowest BCUT2D eigenvalue weighted by Gasteiger charge is -2.29. The van der Waals surface area contributed by atoms with Gasteiger partial charge in [0, 0.05) is 13.6 Å². The van der Waals surface area contributed by atoms with Crippen LogP contribution in [-0.2, 0) is 4.79 Å². The lowest BCUT2D eigenvalue weighted by atomic mass is 9.88. The molecule has 3 atom stereocenters. The summed E-state index contributed by atoms with van der Waals surface area (Å²) < 4.78 is 50.0. The van der Waals surface area contributed by atoms with Crippen molar-refractivity contribution in [3.05, 3.63) is 0 Å². The second-order valence-electron chi connectivity index (χ2n) is 5.54. The van der Waals surface area contributed by atoms with Crippen molar-refractivity contribution >= 4 is 5.91 Å². The molecule has 6 heteroatoms. The van der Waals surface area contributed by atoms with E-state index < -0.39 is 18.3 Å². The molecular formula is C12H17F4NO. The van der Waals surface area contributed by atoms with E-state index in [9.17, 15) is 22.4 Å². The number of amides is 1. The van der Waals surface area contributed by atoms with Crippen molar-refractivity contribution < 1.29 is 22.4 Å². The van der Waals surface area contributed by atoms with Crippen LogP contribution in [0.3, 0.4) is 0 Å². The molecule has 0 aliphatic heterocycles. The van der Waals surface area contributed by atoms with Crippen LogP contribution in [0.15, 0.2) is 0 Å². The van der Waals surface area contributed by atoms with Crippen LogP contribution in [-0.4, -0.2) is 36.7 Å². The van der Waals surface area contributed by atoms with Crippen molar-refractivity contribution in [2.45, 2.75) is 38.0 Å². The van der Waals surface area contributed by atoms with Crippen LogP contribution in [0.4, 0.5) is 17.6 Å². The SMILES string of the molecule is CN(CC1CC2CCC1C2)C(=O)C(F)(F)C(F)F. The van der Waals surface area contributed by atoms with Gasteiger partial charge in [0.25, 0.3) is 5.91 Å². The van der Waals surface area contributed by atoms with Crippen LogP contribution in [0.1, 0.15) is 25.7 Å². The highest BCUT2D eigenvalue weighted by Crippen LogP contribution is 2.48. The fourth-order valence-corrected chi connectivity index (χ4v) is 3.38. The molecule has 0 spiro atoms. The minimum absolute atomic E-state index is 0.169. The summed E-state index contributed by atoms with van der Waals surface area (Å²) in [6.45, 7) is 0.169. The topological polar surface area (TPSA) is 20.3 Å². The van der Waals surface area contributed by atoms with Gasteiger partial charge in [0.2, 0.25) is 0 Å². The van der Waals surface area contributed by atoms with E-state index in [1.54, 1.807) is 0 Å². The summed E-state index contributed by atoms with van der Waals surface area (Å²) in [4.78, 5) is 12.1. The first kappa shape index (κ1) is 13.6. The van der Waals surface area contributed by atoms with E-state index in [4.69, 9.17) is 0 Å². The van der Waals surface area contributed by atoms with E-state index in [0.29, 0.717) is 11.8 Å². The molecule has 0 N–H and O–H groups in total. The minimum atomic E-state index is -4.56. The molecule has 104 valence electrons. The van der Waals surface area contributed by atoms with E-state index in [0.717, 1.165) is 24.2 Å². The van der Waals surface area contributed by atoms with Gasteiger partial charge < -0.3 is 4.90 Å². The lowest BCUT2D eigenvalue weighted by molar-refractivity contribution is -0.180. The Morgan fingerprint density at radius 2 is 2.00 bits per heavy atom. The molecule has 0 saturated heterocycles. The van der Waals surface area contributed by atoms with Crippen molar-refractivity contribution in [1.29, 1.82) is 0 Å². The fraction of sp³-hybridized carbons (Fsp3) is 0.917. The second kappa shape index (κ2) is 4.70. The first-order valence-corrected chi connectivity index (χ1v) is 6.24. The standard InChI is InChI=1S/C12H17F4NO/c1-17(11(18)12(15,16)10(13)14)6-9-5-7-2-3-8(9)4-7/h7-10H,2-6H2,1H3. The van der Waals surface area contributed by atoms with E-state index in [2.05, 4.69) is 0 Å². The van der Waals surface area contributed by atoms with Gasteiger partial charge in [-0.25, -0.2) is 8.78 Å². The van der Waals surface area contributed by atoms with Gasteiger partial charge in [-0.1, -0.05) is 6.42 Å². The largest absolute Gasteiger partial charge is 0.383 e. The van der Waals surface area contributed by atoms with E-state index >= 15 is 0 Å². The van der Waals surface area contributed by atoms with E-state index in [1.807, 2.05) is 0 Å². The molecule has 0 aromatic carbocycles. The first-order valence-electron chi connectivity index (χ1n) is 6.24. The molecule has 2 nitrogen and oxygen atoms in total. The molecule has 1 amide bonds. The molecule has 0 heterocycles. The molecule has 2 fully saturated rings. The third-order valence-corrected chi connectivity index (χ3v) is 4.30. The monoisotopic (exact) mass is 267 g/mol. The van der Waals surface area contributed by atoms with E-state index in [-0.39, 0.29) is 12.5 Å². The zero-order chi connectivity index (χ0) is 13.5. The Morgan fingerprint density at radius 1 is 1.33 bits per heavy atom. The Morgan fingerprint density at radius 3 is 2.44 bits per heavy atom. The molecule has 0 aromatic heterocycles. The number of halogens is 4. The Balaban J connectivity index is 1.92.